The van der Waals surface area contributed by atoms with Crippen LogP contribution in [0.1, 0.15) is 76.3 Å². The van der Waals surface area contributed by atoms with Gasteiger partial charge in [-0.15, -0.1) is 0 Å². The van der Waals surface area contributed by atoms with Crippen LogP contribution in [0.15, 0.2) is 71.8 Å². The SMILES string of the molecule is CCCC(CCC)OC(=O)c1ccc(C(=O)NS(=O)(=O)c2ccc(C(=O)NCCc3ccc(F)cc3)cc2)cn1. The van der Waals surface area contributed by atoms with Crippen LogP contribution >= 0.6 is 0 Å². The van der Waals surface area contributed by atoms with Crippen LogP contribution in [0.25, 0.3) is 0 Å². The molecule has 2 amide bonds. The van der Waals surface area contributed by atoms with E-state index in [-0.39, 0.29) is 33.6 Å². The Labute approximate surface area is 233 Å². The summed E-state index contributed by atoms with van der Waals surface area (Å²) in [6.07, 6.45) is 4.61. The lowest BCUT2D eigenvalue weighted by Gasteiger charge is -2.16. The minimum absolute atomic E-state index is 0.0168. The van der Waals surface area contributed by atoms with Gasteiger partial charge in [0.2, 0.25) is 0 Å². The maximum atomic E-state index is 13.0. The van der Waals surface area contributed by atoms with E-state index in [0.717, 1.165) is 37.4 Å². The highest BCUT2D eigenvalue weighted by atomic mass is 32.2. The molecule has 2 aromatic carbocycles. The number of pyridine rings is 1. The van der Waals surface area contributed by atoms with Gasteiger partial charge < -0.3 is 10.1 Å². The largest absolute Gasteiger partial charge is 0.458 e. The molecule has 9 nitrogen and oxygen atoms in total. The molecule has 1 heterocycles. The van der Waals surface area contributed by atoms with Gasteiger partial charge in [-0.05, 0) is 73.4 Å². The molecule has 0 radical (unpaired) electrons. The van der Waals surface area contributed by atoms with Crippen molar-refractivity contribution in [2.24, 2.45) is 0 Å². The fraction of sp³-hybridized carbons (Fsp3) is 0.310. The van der Waals surface area contributed by atoms with Crippen molar-refractivity contribution < 1.29 is 31.9 Å². The zero-order valence-corrected chi connectivity index (χ0v) is 23.2. The van der Waals surface area contributed by atoms with Gasteiger partial charge in [-0.1, -0.05) is 38.8 Å². The first-order valence-electron chi connectivity index (χ1n) is 13.0. The third kappa shape index (κ3) is 8.70. The maximum absolute atomic E-state index is 13.0. The maximum Gasteiger partial charge on any atom is 0.357 e. The number of hydrogen-bond acceptors (Lipinski definition) is 7. The van der Waals surface area contributed by atoms with E-state index in [1.165, 1.54) is 48.5 Å². The molecule has 0 atom stereocenters. The third-order valence-corrected chi connectivity index (χ3v) is 7.34. The fourth-order valence-electron chi connectivity index (χ4n) is 3.87. The molecule has 0 spiro atoms. The van der Waals surface area contributed by atoms with Gasteiger partial charge in [0.1, 0.15) is 17.6 Å². The fourth-order valence-corrected chi connectivity index (χ4v) is 4.84. The number of sulfonamides is 1. The highest BCUT2D eigenvalue weighted by molar-refractivity contribution is 7.90. The van der Waals surface area contributed by atoms with E-state index in [9.17, 15) is 27.2 Å². The van der Waals surface area contributed by atoms with Gasteiger partial charge in [0, 0.05) is 18.3 Å². The lowest BCUT2D eigenvalue weighted by molar-refractivity contribution is 0.0251. The normalized spacial score (nSPS) is 11.2. The summed E-state index contributed by atoms with van der Waals surface area (Å²) in [5.74, 6) is -2.28. The molecular formula is C29H32FN3O6S. The van der Waals surface area contributed by atoms with E-state index in [1.807, 2.05) is 18.6 Å². The Morgan fingerprint density at radius 3 is 2.08 bits per heavy atom. The van der Waals surface area contributed by atoms with E-state index in [4.69, 9.17) is 4.74 Å². The van der Waals surface area contributed by atoms with E-state index in [1.54, 1.807) is 12.1 Å². The first kappa shape index (κ1) is 30.4. The number of aromatic nitrogens is 1. The molecular weight excluding hydrogens is 537 g/mol. The number of nitrogens with zero attached hydrogens (tertiary/aromatic N) is 1. The van der Waals surface area contributed by atoms with Crippen LogP contribution in [0.3, 0.4) is 0 Å². The molecule has 3 rings (SSSR count). The second-order valence-corrected chi connectivity index (χ2v) is 10.8. The van der Waals surface area contributed by atoms with Crippen molar-refractivity contribution in [2.75, 3.05) is 6.54 Å². The Morgan fingerprint density at radius 1 is 0.875 bits per heavy atom. The van der Waals surface area contributed by atoms with E-state index in [2.05, 4.69) is 10.3 Å². The predicted octanol–water partition coefficient (Wildman–Crippen LogP) is 4.44. The van der Waals surface area contributed by atoms with E-state index < -0.39 is 27.8 Å². The number of nitrogens with one attached hydrogen (secondary N) is 2. The molecule has 11 heteroatoms. The second kappa shape index (κ2) is 14.3. The molecule has 0 aliphatic heterocycles. The van der Waals surface area contributed by atoms with Crippen LogP contribution in [0.2, 0.25) is 0 Å². The summed E-state index contributed by atoms with van der Waals surface area (Å²) in [5, 5.41) is 2.72. The van der Waals surface area contributed by atoms with Crippen molar-refractivity contribution in [1.29, 1.82) is 0 Å². The van der Waals surface area contributed by atoms with Gasteiger partial charge in [0.05, 0.1) is 10.5 Å². The average Bonchev–Trinajstić information content (AvgIpc) is 2.94. The van der Waals surface area contributed by atoms with E-state index in [0.29, 0.717) is 13.0 Å². The molecule has 0 unspecified atom stereocenters. The molecule has 40 heavy (non-hydrogen) atoms. The van der Waals surface area contributed by atoms with Crippen LogP contribution in [-0.4, -0.2) is 43.8 Å². The number of amides is 2. The first-order chi connectivity index (χ1) is 19.1. The number of carbonyl (C=O) groups is 3. The van der Waals surface area contributed by atoms with Gasteiger partial charge in [-0.3, -0.25) is 9.59 Å². The second-order valence-electron chi connectivity index (χ2n) is 9.13. The number of rotatable bonds is 13. The zero-order chi connectivity index (χ0) is 29.1. The summed E-state index contributed by atoms with van der Waals surface area (Å²) < 4.78 is 45.9. The monoisotopic (exact) mass is 569 g/mol. The molecule has 0 saturated carbocycles. The standard InChI is InChI=1S/C29H32FN3O6S/c1-3-5-24(6-4-2)39-29(36)26-16-11-22(19-32-26)28(35)33-40(37,38)25-14-9-21(10-15-25)27(34)31-18-17-20-7-12-23(30)13-8-20/h7-16,19,24H,3-6,17-18H2,1-2H3,(H,31,34)(H,33,35). The van der Waals surface area contributed by atoms with Crippen molar-refractivity contribution >= 4 is 27.8 Å². The lowest BCUT2D eigenvalue weighted by Crippen LogP contribution is -2.31. The highest BCUT2D eigenvalue weighted by Crippen LogP contribution is 2.14. The Morgan fingerprint density at radius 2 is 1.50 bits per heavy atom. The van der Waals surface area contributed by atoms with Gasteiger partial charge in [0.15, 0.2) is 0 Å². The number of benzene rings is 2. The topological polar surface area (TPSA) is 132 Å². The van der Waals surface area contributed by atoms with Crippen molar-refractivity contribution in [3.8, 4) is 0 Å². The Balaban J connectivity index is 1.56. The summed E-state index contributed by atoms with van der Waals surface area (Å²) in [7, 11) is -4.24. The van der Waals surface area contributed by atoms with Crippen molar-refractivity contribution in [2.45, 2.75) is 57.0 Å². The molecule has 2 N–H and O–H groups in total. The summed E-state index contributed by atoms with van der Waals surface area (Å²) in [5.41, 5.74) is 1.05. The van der Waals surface area contributed by atoms with Crippen LogP contribution in [0.4, 0.5) is 4.39 Å². The molecule has 212 valence electrons. The molecule has 3 aromatic rings. The van der Waals surface area contributed by atoms with Crippen molar-refractivity contribution in [1.82, 2.24) is 15.0 Å². The molecule has 0 saturated heterocycles. The molecule has 0 bridgehead atoms. The van der Waals surface area contributed by atoms with Crippen molar-refractivity contribution in [3.05, 3.63) is 95.1 Å². The Kier molecular flexibility index (Phi) is 10.9. The number of carbonyl (C=O) groups excluding carboxylic acids is 3. The Hall–Kier alpha value is -4.12. The number of hydrogen-bond donors (Lipinski definition) is 2. The quantitative estimate of drug-likeness (QED) is 0.291. The first-order valence-corrected chi connectivity index (χ1v) is 14.5. The zero-order valence-electron chi connectivity index (χ0n) is 22.4. The lowest BCUT2D eigenvalue weighted by atomic mass is 10.1. The van der Waals surface area contributed by atoms with Gasteiger partial charge in [-0.25, -0.2) is 27.3 Å². The predicted molar refractivity (Wildman–Crippen MR) is 147 cm³/mol. The number of esters is 1. The molecule has 0 aliphatic rings. The number of ether oxygens (including phenoxy) is 1. The van der Waals surface area contributed by atoms with Crippen LogP contribution < -0.4 is 10.0 Å². The molecule has 0 fully saturated rings. The number of halogens is 1. The highest BCUT2D eigenvalue weighted by Gasteiger charge is 2.21. The van der Waals surface area contributed by atoms with Crippen LogP contribution in [0, 0.1) is 5.82 Å². The van der Waals surface area contributed by atoms with Crippen LogP contribution in [-0.2, 0) is 21.2 Å². The summed E-state index contributed by atoms with van der Waals surface area (Å²) in [4.78, 5) is 41.1. The smallest absolute Gasteiger partial charge is 0.357 e. The van der Waals surface area contributed by atoms with Crippen molar-refractivity contribution in [3.63, 3.8) is 0 Å². The summed E-state index contributed by atoms with van der Waals surface area (Å²) >= 11 is 0. The van der Waals surface area contributed by atoms with Crippen LogP contribution in [0.5, 0.6) is 0 Å². The minimum atomic E-state index is -4.24. The average molecular weight is 570 g/mol. The van der Waals surface area contributed by atoms with Gasteiger partial charge >= 0.3 is 5.97 Å². The van der Waals surface area contributed by atoms with E-state index >= 15 is 0 Å². The summed E-state index contributed by atoms with van der Waals surface area (Å²) in [6, 6.07) is 13.6. The molecule has 1 aromatic heterocycles. The summed E-state index contributed by atoms with van der Waals surface area (Å²) in [6.45, 7) is 4.31. The Bertz CT molecular complexity index is 1400. The van der Waals surface area contributed by atoms with Gasteiger partial charge in [-0.2, -0.15) is 0 Å². The minimum Gasteiger partial charge on any atom is -0.458 e. The van der Waals surface area contributed by atoms with Gasteiger partial charge in [0.25, 0.3) is 21.8 Å². The third-order valence-electron chi connectivity index (χ3n) is 6.00. The molecule has 0 aliphatic carbocycles.